The van der Waals surface area contributed by atoms with Gasteiger partial charge in [0.1, 0.15) is 0 Å². The lowest BCUT2D eigenvalue weighted by Crippen LogP contribution is -2.46. The van der Waals surface area contributed by atoms with Gasteiger partial charge < -0.3 is 14.4 Å². The molecule has 0 aliphatic carbocycles. The number of ether oxygens (including phenoxy) is 2. The summed E-state index contributed by atoms with van der Waals surface area (Å²) in [6, 6.07) is 5.40. The fraction of sp³-hybridized carbons (Fsp3) is 0.500. The summed E-state index contributed by atoms with van der Waals surface area (Å²) < 4.78 is 10.5. The summed E-state index contributed by atoms with van der Waals surface area (Å²) >= 11 is 0. The van der Waals surface area contributed by atoms with Crippen LogP contribution in [0.3, 0.4) is 0 Å². The third-order valence-electron chi connectivity index (χ3n) is 3.66. The zero-order chi connectivity index (χ0) is 13.2. The van der Waals surface area contributed by atoms with E-state index in [9.17, 15) is 4.79 Å². The molecule has 5 nitrogen and oxygen atoms in total. The molecule has 102 valence electrons. The number of carbonyl (C=O) groups is 1. The van der Waals surface area contributed by atoms with Gasteiger partial charge in [0.15, 0.2) is 17.3 Å². The maximum Gasteiger partial charge on any atom is 0.231 e. The highest BCUT2D eigenvalue weighted by atomic mass is 16.7. The minimum atomic E-state index is 0.142. The Morgan fingerprint density at radius 2 is 1.89 bits per heavy atom. The van der Waals surface area contributed by atoms with Gasteiger partial charge in [0, 0.05) is 31.7 Å². The summed E-state index contributed by atoms with van der Waals surface area (Å²) in [5.41, 5.74) is 0.697. The SMILES string of the molecule is CN1CCN(CC(=O)c2ccc3c(c2)OCO3)CC1. The standard InChI is InChI=1S/C14H18N2O3/c1-15-4-6-16(7-5-15)9-12(17)11-2-3-13-14(8-11)19-10-18-13/h2-3,8H,4-7,9-10H2,1H3. The number of ketones is 1. The molecule has 3 rings (SSSR count). The van der Waals surface area contributed by atoms with Crippen LogP contribution in [-0.4, -0.2) is 62.1 Å². The van der Waals surface area contributed by atoms with Crippen LogP contribution in [0.5, 0.6) is 11.5 Å². The highest BCUT2D eigenvalue weighted by molar-refractivity contribution is 5.98. The first-order chi connectivity index (χ1) is 9.22. The van der Waals surface area contributed by atoms with E-state index in [1.165, 1.54) is 0 Å². The molecule has 0 atom stereocenters. The first-order valence-corrected chi connectivity index (χ1v) is 6.56. The van der Waals surface area contributed by atoms with Crippen molar-refractivity contribution in [2.75, 3.05) is 46.6 Å². The quantitative estimate of drug-likeness (QED) is 0.755. The second kappa shape index (κ2) is 5.19. The number of fused-ring (bicyclic) bond motifs is 1. The largest absolute Gasteiger partial charge is 0.454 e. The van der Waals surface area contributed by atoms with E-state index in [0.29, 0.717) is 17.9 Å². The summed E-state index contributed by atoms with van der Waals surface area (Å²) in [5.74, 6) is 1.53. The van der Waals surface area contributed by atoms with Crippen LogP contribution in [0, 0.1) is 0 Å². The Hall–Kier alpha value is -1.59. The monoisotopic (exact) mass is 262 g/mol. The van der Waals surface area contributed by atoms with Gasteiger partial charge >= 0.3 is 0 Å². The number of benzene rings is 1. The van der Waals surface area contributed by atoms with E-state index in [4.69, 9.17) is 9.47 Å². The Labute approximate surface area is 112 Å². The molecule has 5 heteroatoms. The second-order valence-corrected chi connectivity index (χ2v) is 5.07. The lowest BCUT2D eigenvalue weighted by Gasteiger charge is -2.31. The van der Waals surface area contributed by atoms with Crippen molar-refractivity contribution in [2.45, 2.75) is 0 Å². The summed E-state index contributed by atoms with van der Waals surface area (Å²) in [6.07, 6.45) is 0. The zero-order valence-corrected chi connectivity index (χ0v) is 11.1. The number of Topliss-reactive ketones (excluding diaryl/α,β-unsaturated/α-hetero) is 1. The van der Waals surface area contributed by atoms with E-state index < -0.39 is 0 Å². The number of hydrogen-bond donors (Lipinski definition) is 0. The van der Waals surface area contributed by atoms with Crippen molar-refractivity contribution in [3.63, 3.8) is 0 Å². The van der Waals surface area contributed by atoms with Gasteiger partial charge in [-0.1, -0.05) is 0 Å². The lowest BCUT2D eigenvalue weighted by atomic mass is 10.1. The average Bonchev–Trinajstić information content (AvgIpc) is 2.88. The topological polar surface area (TPSA) is 42.0 Å². The van der Waals surface area contributed by atoms with E-state index >= 15 is 0 Å². The Kier molecular flexibility index (Phi) is 3.40. The molecular weight excluding hydrogens is 244 g/mol. The highest BCUT2D eigenvalue weighted by Gasteiger charge is 2.20. The first-order valence-electron chi connectivity index (χ1n) is 6.56. The summed E-state index contributed by atoms with van der Waals surface area (Å²) in [4.78, 5) is 16.7. The van der Waals surface area contributed by atoms with Gasteiger partial charge in [0.05, 0.1) is 6.54 Å². The Bertz CT molecular complexity index is 482. The van der Waals surface area contributed by atoms with Crippen LogP contribution in [0.25, 0.3) is 0 Å². The van der Waals surface area contributed by atoms with Gasteiger partial charge in [-0.05, 0) is 25.2 Å². The zero-order valence-electron chi connectivity index (χ0n) is 11.1. The molecule has 2 aliphatic heterocycles. The first kappa shape index (κ1) is 12.4. The van der Waals surface area contributed by atoms with Crippen LogP contribution >= 0.6 is 0 Å². The molecule has 0 N–H and O–H groups in total. The van der Waals surface area contributed by atoms with Crippen LogP contribution in [0.1, 0.15) is 10.4 Å². The maximum atomic E-state index is 12.2. The van der Waals surface area contributed by atoms with E-state index in [2.05, 4.69) is 16.8 Å². The van der Waals surface area contributed by atoms with Crippen LogP contribution in [0.2, 0.25) is 0 Å². The van der Waals surface area contributed by atoms with Crippen LogP contribution in [-0.2, 0) is 0 Å². The molecule has 19 heavy (non-hydrogen) atoms. The molecule has 2 heterocycles. The number of nitrogens with zero attached hydrogens (tertiary/aromatic N) is 2. The van der Waals surface area contributed by atoms with Gasteiger partial charge in [-0.25, -0.2) is 0 Å². The molecule has 1 saturated heterocycles. The third kappa shape index (κ3) is 2.72. The average molecular weight is 262 g/mol. The van der Waals surface area contributed by atoms with Crippen molar-refractivity contribution in [3.8, 4) is 11.5 Å². The summed E-state index contributed by atoms with van der Waals surface area (Å²) in [7, 11) is 2.11. The molecule has 0 saturated carbocycles. The number of likely N-dealkylation sites (N-methyl/N-ethyl adjacent to an activating group) is 1. The van der Waals surface area contributed by atoms with Crippen LogP contribution < -0.4 is 9.47 Å². The molecule has 0 amide bonds. The molecular formula is C14H18N2O3. The van der Waals surface area contributed by atoms with Crippen molar-refractivity contribution >= 4 is 5.78 Å². The van der Waals surface area contributed by atoms with Gasteiger partial charge in [0.25, 0.3) is 0 Å². The fourth-order valence-electron chi connectivity index (χ4n) is 2.37. The Balaban J connectivity index is 1.64. The molecule has 1 fully saturated rings. The predicted octanol–water partition coefficient (Wildman–Crippen LogP) is 0.845. The highest BCUT2D eigenvalue weighted by Crippen LogP contribution is 2.32. The van der Waals surface area contributed by atoms with Gasteiger partial charge in [-0.3, -0.25) is 9.69 Å². The maximum absolute atomic E-state index is 12.2. The fourth-order valence-corrected chi connectivity index (χ4v) is 2.37. The van der Waals surface area contributed by atoms with Crippen molar-refractivity contribution in [2.24, 2.45) is 0 Å². The number of hydrogen-bond acceptors (Lipinski definition) is 5. The van der Waals surface area contributed by atoms with E-state index in [0.717, 1.165) is 31.9 Å². The number of carbonyl (C=O) groups excluding carboxylic acids is 1. The van der Waals surface area contributed by atoms with Crippen LogP contribution in [0.15, 0.2) is 18.2 Å². The minimum Gasteiger partial charge on any atom is -0.454 e. The van der Waals surface area contributed by atoms with Gasteiger partial charge in [-0.15, -0.1) is 0 Å². The Morgan fingerprint density at radius 1 is 1.16 bits per heavy atom. The molecule has 0 aromatic heterocycles. The number of rotatable bonds is 3. The van der Waals surface area contributed by atoms with E-state index in [-0.39, 0.29) is 12.6 Å². The van der Waals surface area contributed by atoms with Crippen molar-refractivity contribution in [3.05, 3.63) is 23.8 Å². The minimum absolute atomic E-state index is 0.142. The van der Waals surface area contributed by atoms with Gasteiger partial charge in [-0.2, -0.15) is 0 Å². The molecule has 0 spiro atoms. The predicted molar refractivity (Wildman–Crippen MR) is 70.8 cm³/mol. The third-order valence-corrected chi connectivity index (χ3v) is 3.66. The van der Waals surface area contributed by atoms with Gasteiger partial charge in [0.2, 0.25) is 6.79 Å². The lowest BCUT2D eigenvalue weighted by molar-refractivity contribution is 0.0876. The molecule has 0 radical (unpaired) electrons. The summed E-state index contributed by atoms with van der Waals surface area (Å²) in [6.45, 7) is 4.67. The second-order valence-electron chi connectivity index (χ2n) is 5.07. The van der Waals surface area contributed by atoms with E-state index in [1.807, 2.05) is 6.07 Å². The normalized spacial score (nSPS) is 19.6. The van der Waals surface area contributed by atoms with Crippen molar-refractivity contribution in [1.82, 2.24) is 9.80 Å². The molecule has 0 bridgehead atoms. The van der Waals surface area contributed by atoms with E-state index in [1.54, 1.807) is 12.1 Å². The summed E-state index contributed by atoms with van der Waals surface area (Å²) in [5, 5.41) is 0. The molecule has 1 aromatic rings. The number of piperazine rings is 1. The smallest absolute Gasteiger partial charge is 0.231 e. The van der Waals surface area contributed by atoms with Crippen molar-refractivity contribution < 1.29 is 14.3 Å². The Morgan fingerprint density at radius 3 is 2.68 bits per heavy atom. The van der Waals surface area contributed by atoms with Crippen LogP contribution in [0.4, 0.5) is 0 Å². The molecule has 0 unspecified atom stereocenters. The molecule has 2 aliphatic rings. The van der Waals surface area contributed by atoms with Crippen molar-refractivity contribution in [1.29, 1.82) is 0 Å². The molecule has 1 aromatic carbocycles.